The number of guanidine groups is 1. The van der Waals surface area contributed by atoms with Gasteiger partial charge in [0, 0.05) is 12.2 Å². The molecule has 0 saturated carbocycles. The molecule has 0 aliphatic rings. The first-order chi connectivity index (χ1) is 15.7. The van der Waals surface area contributed by atoms with E-state index in [4.69, 9.17) is 9.84 Å². The number of aliphatic imine (C=N–C) groups is 1. The van der Waals surface area contributed by atoms with Crippen molar-refractivity contribution in [1.29, 1.82) is 0 Å². The fourth-order valence-electron chi connectivity index (χ4n) is 2.77. The zero-order valence-corrected chi connectivity index (χ0v) is 19.5. The van der Waals surface area contributed by atoms with Crippen LogP contribution >= 0.6 is 0 Å². The average molecular weight is 453 g/mol. The van der Waals surface area contributed by atoms with Crippen molar-refractivity contribution in [2.45, 2.75) is 40.3 Å². The minimum Gasteiger partial charge on any atom is -0.491 e. The van der Waals surface area contributed by atoms with Crippen molar-refractivity contribution >= 4 is 29.7 Å². The summed E-state index contributed by atoms with van der Waals surface area (Å²) in [7, 11) is 0. The van der Waals surface area contributed by atoms with Crippen LogP contribution in [0.25, 0.3) is 6.08 Å². The number of anilines is 1. The third kappa shape index (κ3) is 8.68. The summed E-state index contributed by atoms with van der Waals surface area (Å²) in [4.78, 5) is 27.8. The van der Waals surface area contributed by atoms with Crippen molar-refractivity contribution in [3.05, 3.63) is 65.7 Å². The van der Waals surface area contributed by atoms with Gasteiger partial charge in [-0.25, -0.2) is 9.79 Å². The third-order valence-electron chi connectivity index (χ3n) is 4.66. The first kappa shape index (κ1) is 25.5. The molecular weight excluding hydrogens is 420 g/mol. The highest BCUT2D eigenvalue weighted by molar-refractivity contribution is 6.03. The first-order valence-electron chi connectivity index (χ1n) is 10.8. The van der Waals surface area contributed by atoms with Crippen LogP contribution in [-0.4, -0.2) is 35.7 Å². The lowest BCUT2D eigenvalue weighted by Gasteiger charge is -2.16. The molecule has 0 unspecified atom stereocenters. The number of urea groups is 1. The Morgan fingerprint density at radius 2 is 1.85 bits per heavy atom. The highest BCUT2D eigenvalue weighted by Crippen LogP contribution is 2.23. The number of ether oxygens (including phenoxy) is 1. The predicted molar refractivity (Wildman–Crippen MR) is 132 cm³/mol. The zero-order valence-electron chi connectivity index (χ0n) is 19.5. The molecule has 0 aliphatic carbocycles. The monoisotopic (exact) mass is 452 g/mol. The second-order valence-corrected chi connectivity index (χ2v) is 7.96. The average Bonchev–Trinajstić information content (AvgIpc) is 2.77. The maximum Gasteiger partial charge on any atom is 0.321 e. The standard InChI is InChI=1S/C25H32N4O4/c1-6-19-7-9-20(10-8-19)15-26-24(29-25(32)27-14-18(5)23(30)31)28-21-11-12-22(17(4)13-21)33-16(2)3/h6-13,16,18H,1,14-15H2,2-5H3,(H,30,31)(H3,26,27,28,29,32)/t18-/m0/s1. The normalized spacial score (nSPS) is 12.1. The lowest BCUT2D eigenvalue weighted by atomic mass is 10.1. The van der Waals surface area contributed by atoms with Crippen molar-refractivity contribution in [2.75, 3.05) is 11.9 Å². The Balaban J connectivity index is 2.16. The van der Waals surface area contributed by atoms with Crippen LogP contribution in [0.1, 0.15) is 37.5 Å². The molecule has 0 bridgehead atoms. The summed E-state index contributed by atoms with van der Waals surface area (Å²) in [5, 5.41) is 17.3. The number of hydrogen-bond donors (Lipinski definition) is 4. The molecule has 0 spiro atoms. The molecule has 0 heterocycles. The van der Waals surface area contributed by atoms with Crippen molar-refractivity contribution in [1.82, 2.24) is 10.6 Å². The van der Waals surface area contributed by atoms with E-state index in [-0.39, 0.29) is 18.6 Å². The van der Waals surface area contributed by atoms with Crippen LogP contribution in [0.3, 0.4) is 0 Å². The summed E-state index contributed by atoms with van der Waals surface area (Å²) < 4.78 is 5.77. The number of carbonyl (C=O) groups excluding carboxylic acids is 1. The van der Waals surface area contributed by atoms with Crippen molar-refractivity contribution < 1.29 is 19.4 Å². The van der Waals surface area contributed by atoms with Gasteiger partial charge in [-0.2, -0.15) is 0 Å². The van der Waals surface area contributed by atoms with Gasteiger partial charge in [0.15, 0.2) is 0 Å². The van der Waals surface area contributed by atoms with Gasteiger partial charge in [0.05, 0.1) is 18.6 Å². The summed E-state index contributed by atoms with van der Waals surface area (Å²) >= 11 is 0. The molecule has 8 nitrogen and oxygen atoms in total. The molecule has 0 aliphatic heterocycles. The molecule has 4 N–H and O–H groups in total. The van der Waals surface area contributed by atoms with Gasteiger partial charge in [0.1, 0.15) is 5.75 Å². The molecule has 0 fully saturated rings. The van der Waals surface area contributed by atoms with Crippen LogP contribution in [-0.2, 0) is 11.3 Å². The van der Waals surface area contributed by atoms with Crippen LogP contribution in [0.4, 0.5) is 10.5 Å². The summed E-state index contributed by atoms with van der Waals surface area (Å²) in [6.45, 7) is 11.5. The number of carboxylic acid groups (broad SMARTS) is 1. The van der Waals surface area contributed by atoms with Crippen LogP contribution < -0.4 is 20.7 Å². The van der Waals surface area contributed by atoms with E-state index in [1.54, 1.807) is 6.08 Å². The van der Waals surface area contributed by atoms with E-state index >= 15 is 0 Å². The zero-order chi connectivity index (χ0) is 24.4. The van der Waals surface area contributed by atoms with E-state index in [1.807, 2.05) is 63.2 Å². The number of hydrogen-bond acceptors (Lipinski definition) is 4. The van der Waals surface area contributed by atoms with Crippen LogP contribution in [0.2, 0.25) is 0 Å². The Hall–Kier alpha value is -3.81. The van der Waals surface area contributed by atoms with Crippen LogP contribution in [0.15, 0.2) is 54.0 Å². The minimum absolute atomic E-state index is 0.00217. The molecule has 8 heteroatoms. The highest BCUT2D eigenvalue weighted by Gasteiger charge is 2.13. The van der Waals surface area contributed by atoms with Gasteiger partial charge < -0.3 is 20.5 Å². The van der Waals surface area contributed by atoms with Crippen molar-refractivity contribution in [3.63, 3.8) is 0 Å². The summed E-state index contributed by atoms with van der Waals surface area (Å²) in [5.41, 5.74) is 3.63. The maximum atomic E-state index is 12.3. The molecule has 0 aromatic heterocycles. The van der Waals surface area contributed by atoms with Crippen LogP contribution in [0.5, 0.6) is 5.75 Å². The van der Waals surface area contributed by atoms with E-state index in [1.165, 1.54) is 6.92 Å². The quantitative estimate of drug-likeness (QED) is 0.333. The molecule has 2 amide bonds. The number of benzene rings is 2. The summed E-state index contributed by atoms with van der Waals surface area (Å²) in [6, 6.07) is 12.8. The van der Waals surface area contributed by atoms with Crippen molar-refractivity contribution in [2.24, 2.45) is 10.9 Å². The number of nitrogens with zero attached hydrogens (tertiary/aromatic N) is 1. The molecule has 2 aromatic carbocycles. The number of amides is 2. The SMILES string of the molecule is C=Cc1ccc(CN=C(NC(=O)NC[C@H](C)C(=O)O)Nc2ccc(OC(C)C)c(C)c2)cc1. The number of nitrogens with one attached hydrogen (secondary N) is 3. The number of carbonyl (C=O) groups is 2. The number of aryl methyl sites for hydroxylation is 1. The van der Waals surface area contributed by atoms with Gasteiger partial charge in [-0.05, 0) is 55.7 Å². The van der Waals surface area contributed by atoms with Gasteiger partial charge in [-0.15, -0.1) is 0 Å². The Labute approximate surface area is 194 Å². The van der Waals surface area contributed by atoms with E-state index < -0.39 is 17.9 Å². The van der Waals surface area contributed by atoms with E-state index in [2.05, 4.69) is 27.5 Å². The smallest absolute Gasteiger partial charge is 0.321 e. The lowest BCUT2D eigenvalue weighted by molar-refractivity contribution is -0.140. The minimum atomic E-state index is -0.982. The third-order valence-corrected chi connectivity index (χ3v) is 4.66. The van der Waals surface area contributed by atoms with Gasteiger partial charge >= 0.3 is 12.0 Å². The number of rotatable bonds is 9. The largest absolute Gasteiger partial charge is 0.491 e. The van der Waals surface area contributed by atoms with E-state index in [0.29, 0.717) is 6.54 Å². The number of carboxylic acids is 1. The second-order valence-electron chi connectivity index (χ2n) is 7.96. The van der Waals surface area contributed by atoms with E-state index in [9.17, 15) is 9.59 Å². The Morgan fingerprint density at radius 1 is 1.15 bits per heavy atom. The molecule has 2 rings (SSSR count). The molecule has 0 saturated heterocycles. The topological polar surface area (TPSA) is 112 Å². The molecule has 1 atom stereocenters. The fraction of sp³-hybridized carbons (Fsp3) is 0.320. The Kier molecular flexibility index (Phi) is 9.47. The lowest BCUT2D eigenvalue weighted by Crippen LogP contribution is -2.44. The Morgan fingerprint density at radius 3 is 2.42 bits per heavy atom. The first-order valence-corrected chi connectivity index (χ1v) is 10.8. The predicted octanol–water partition coefficient (Wildman–Crippen LogP) is 4.41. The van der Waals surface area contributed by atoms with Crippen LogP contribution in [0, 0.1) is 12.8 Å². The van der Waals surface area contributed by atoms with Gasteiger partial charge in [0.2, 0.25) is 5.96 Å². The second kappa shape index (κ2) is 12.3. The molecule has 2 aromatic rings. The fourth-order valence-corrected chi connectivity index (χ4v) is 2.77. The highest BCUT2D eigenvalue weighted by atomic mass is 16.5. The molecular formula is C25H32N4O4. The van der Waals surface area contributed by atoms with Gasteiger partial charge in [-0.3, -0.25) is 10.1 Å². The van der Waals surface area contributed by atoms with Gasteiger partial charge in [0.25, 0.3) is 0 Å². The molecule has 0 radical (unpaired) electrons. The summed E-state index contributed by atoms with van der Waals surface area (Å²) in [6.07, 6.45) is 1.82. The summed E-state index contributed by atoms with van der Waals surface area (Å²) in [5.74, 6) is -0.669. The maximum absolute atomic E-state index is 12.3. The molecule has 33 heavy (non-hydrogen) atoms. The molecule has 176 valence electrons. The van der Waals surface area contributed by atoms with Gasteiger partial charge in [-0.1, -0.05) is 43.8 Å². The van der Waals surface area contributed by atoms with Crippen molar-refractivity contribution in [3.8, 4) is 5.75 Å². The number of aliphatic carboxylic acids is 1. The Bertz CT molecular complexity index is 1000. The van der Waals surface area contributed by atoms with E-state index in [0.717, 1.165) is 28.1 Å².